The highest BCUT2D eigenvalue weighted by atomic mass is 31.1. The lowest BCUT2D eigenvalue weighted by Crippen LogP contribution is -1.99. The van der Waals surface area contributed by atoms with Gasteiger partial charge in [-0.3, -0.25) is 0 Å². The second-order valence-electron chi connectivity index (χ2n) is 2.51. The molecule has 1 rings (SSSR count). The van der Waals surface area contributed by atoms with Gasteiger partial charge in [-0.05, 0) is 24.2 Å². The minimum atomic E-state index is 1.03. The second kappa shape index (κ2) is 2.13. The molecule has 1 saturated heterocycles. The molecule has 0 radical (unpaired) electrons. The third kappa shape index (κ3) is 1.16. The molecule has 1 aliphatic heterocycles. The molecule has 0 bridgehead atoms. The van der Waals surface area contributed by atoms with Crippen LogP contribution in [0.4, 0.5) is 0 Å². The zero-order valence-electron chi connectivity index (χ0n) is 5.07. The summed E-state index contributed by atoms with van der Waals surface area (Å²) in [6, 6.07) is 0. The van der Waals surface area contributed by atoms with Crippen molar-refractivity contribution in [2.24, 2.45) is 5.92 Å². The maximum Gasteiger partial charge on any atom is -0.0239 e. The predicted molar refractivity (Wildman–Crippen MR) is 36.4 cm³/mol. The van der Waals surface area contributed by atoms with Gasteiger partial charge < -0.3 is 0 Å². The number of hydrogen-bond acceptors (Lipinski definition) is 0. The minimum absolute atomic E-state index is 1.03. The van der Waals surface area contributed by atoms with Crippen LogP contribution in [0.25, 0.3) is 0 Å². The number of hydrogen-bond donors (Lipinski definition) is 0. The Kier molecular flexibility index (Phi) is 1.69. The Morgan fingerprint density at radius 2 is 2.14 bits per heavy atom. The number of rotatable bonds is 0. The van der Waals surface area contributed by atoms with Crippen molar-refractivity contribution in [3.8, 4) is 0 Å². The third-order valence-electron chi connectivity index (χ3n) is 1.92. The fourth-order valence-corrected chi connectivity index (χ4v) is 2.64. The van der Waals surface area contributed by atoms with E-state index >= 15 is 0 Å². The molecule has 3 unspecified atom stereocenters. The van der Waals surface area contributed by atoms with Gasteiger partial charge in [0.15, 0.2) is 0 Å². The summed E-state index contributed by atoms with van der Waals surface area (Å²) >= 11 is 0. The molecule has 1 aliphatic rings. The van der Waals surface area contributed by atoms with Gasteiger partial charge in [0.25, 0.3) is 0 Å². The molecule has 0 spiro atoms. The highest BCUT2D eigenvalue weighted by Gasteiger charge is 2.17. The minimum Gasteiger partial charge on any atom is -0.119 e. The lowest BCUT2D eigenvalue weighted by Gasteiger charge is -2.04. The summed E-state index contributed by atoms with van der Waals surface area (Å²) in [6.45, 7) is 4.74. The molecule has 0 aliphatic carbocycles. The average Bonchev–Trinajstić information content (AvgIpc) is 1.91. The maximum absolute atomic E-state index is 2.37. The van der Waals surface area contributed by atoms with Gasteiger partial charge in [0.2, 0.25) is 0 Å². The first-order chi connectivity index (χ1) is 3.30. The maximum atomic E-state index is 2.37. The first-order valence-electron chi connectivity index (χ1n) is 3.04. The molecular formula is C6H13P. The van der Waals surface area contributed by atoms with Gasteiger partial charge in [-0.1, -0.05) is 13.8 Å². The van der Waals surface area contributed by atoms with Crippen molar-refractivity contribution in [3.05, 3.63) is 0 Å². The van der Waals surface area contributed by atoms with Crippen molar-refractivity contribution >= 4 is 8.58 Å². The zero-order chi connectivity index (χ0) is 5.28. The highest BCUT2D eigenvalue weighted by Crippen LogP contribution is 2.36. The van der Waals surface area contributed by atoms with E-state index in [-0.39, 0.29) is 0 Å². The molecule has 7 heavy (non-hydrogen) atoms. The van der Waals surface area contributed by atoms with Crippen molar-refractivity contribution in [1.29, 1.82) is 0 Å². The lowest BCUT2D eigenvalue weighted by molar-refractivity contribution is 0.589. The van der Waals surface area contributed by atoms with Crippen molar-refractivity contribution in [3.63, 3.8) is 0 Å². The highest BCUT2D eigenvalue weighted by molar-refractivity contribution is 7.39. The van der Waals surface area contributed by atoms with Crippen molar-refractivity contribution < 1.29 is 0 Å². The first kappa shape index (κ1) is 5.56. The topological polar surface area (TPSA) is 0 Å². The molecule has 0 aromatic carbocycles. The van der Waals surface area contributed by atoms with Gasteiger partial charge in [-0.15, -0.1) is 8.58 Å². The van der Waals surface area contributed by atoms with E-state index in [0.29, 0.717) is 0 Å². The summed E-state index contributed by atoms with van der Waals surface area (Å²) in [4.78, 5) is 0. The lowest BCUT2D eigenvalue weighted by atomic mass is 10.1. The largest absolute Gasteiger partial charge is 0.119 e. The molecule has 0 amide bonds. The van der Waals surface area contributed by atoms with Crippen LogP contribution >= 0.6 is 8.58 Å². The Labute approximate surface area is 47.5 Å². The van der Waals surface area contributed by atoms with Crippen molar-refractivity contribution in [2.45, 2.75) is 25.9 Å². The second-order valence-corrected chi connectivity index (χ2v) is 4.33. The first-order valence-corrected chi connectivity index (χ1v) is 4.32. The van der Waals surface area contributed by atoms with Gasteiger partial charge in [-0.25, -0.2) is 0 Å². The fraction of sp³-hybridized carbons (Fsp3) is 1.00. The van der Waals surface area contributed by atoms with Crippen LogP contribution in [-0.4, -0.2) is 11.8 Å². The van der Waals surface area contributed by atoms with E-state index in [1.807, 2.05) is 0 Å². The van der Waals surface area contributed by atoms with Gasteiger partial charge in [-0.2, -0.15) is 0 Å². The van der Waals surface area contributed by atoms with Crippen LogP contribution in [0.15, 0.2) is 0 Å². The molecular weight excluding hydrogens is 103 g/mol. The molecule has 1 heteroatoms. The summed E-state index contributed by atoms with van der Waals surface area (Å²) in [5.74, 6) is 1.03. The Morgan fingerprint density at radius 3 is 2.29 bits per heavy atom. The van der Waals surface area contributed by atoms with Crippen molar-refractivity contribution in [1.82, 2.24) is 0 Å². The molecule has 3 atom stereocenters. The standard InChI is InChI=1S/C6H13P/c1-5-3-4-7-6(5)2/h5-7H,3-4H2,1-2H3. The molecule has 0 nitrogen and oxygen atoms in total. The van der Waals surface area contributed by atoms with E-state index in [1.54, 1.807) is 0 Å². The van der Waals surface area contributed by atoms with Gasteiger partial charge in [0.1, 0.15) is 0 Å². The normalized spacial score (nSPS) is 45.4. The molecule has 1 heterocycles. The van der Waals surface area contributed by atoms with Crippen LogP contribution < -0.4 is 0 Å². The monoisotopic (exact) mass is 116 g/mol. The van der Waals surface area contributed by atoms with E-state index < -0.39 is 0 Å². The summed E-state index contributed by atoms with van der Waals surface area (Å²) in [5, 5.41) is 0. The van der Waals surface area contributed by atoms with Crippen LogP contribution in [0.2, 0.25) is 0 Å². The molecule has 1 fully saturated rings. The van der Waals surface area contributed by atoms with Crippen LogP contribution in [-0.2, 0) is 0 Å². The van der Waals surface area contributed by atoms with E-state index in [0.717, 1.165) is 11.6 Å². The SMILES string of the molecule is CC1CCPC1C. The van der Waals surface area contributed by atoms with Crippen LogP contribution in [0.5, 0.6) is 0 Å². The fourth-order valence-electron chi connectivity index (χ4n) is 0.990. The van der Waals surface area contributed by atoms with E-state index in [9.17, 15) is 0 Å². The molecule has 0 aromatic rings. The summed E-state index contributed by atoms with van der Waals surface area (Å²) in [5.41, 5.74) is 1.04. The molecule has 0 N–H and O–H groups in total. The van der Waals surface area contributed by atoms with Crippen LogP contribution in [0.3, 0.4) is 0 Å². The van der Waals surface area contributed by atoms with E-state index in [1.165, 1.54) is 21.2 Å². The van der Waals surface area contributed by atoms with E-state index in [4.69, 9.17) is 0 Å². The molecule has 0 aromatic heterocycles. The van der Waals surface area contributed by atoms with E-state index in [2.05, 4.69) is 13.8 Å². The molecule has 42 valence electrons. The Balaban J connectivity index is 2.33. The quantitative estimate of drug-likeness (QED) is 0.425. The van der Waals surface area contributed by atoms with Crippen LogP contribution in [0, 0.1) is 5.92 Å². The average molecular weight is 116 g/mol. The zero-order valence-corrected chi connectivity index (χ0v) is 6.07. The van der Waals surface area contributed by atoms with Gasteiger partial charge in [0.05, 0.1) is 0 Å². The Morgan fingerprint density at radius 1 is 1.43 bits per heavy atom. The summed E-state index contributed by atoms with van der Waals surface area (Å²) in [6.07, 6.45) is 2.99. The van der Waals surface area contributed by atoms with Gasteiger partial charge in [0, 0.05) is 0 Å². The summed E-state index contributed by atoms with van der Waals surface area (Å²) in [7, 11) is 1.26. The third-order valence-corrected chi connectivity index (χ3v) is 3.71. The molecule has 0 saturated carbocycles. The Bertz CT molecular complexity index is 53.2. The predicted octanol–water partition coefficient (Wildman–Crippen LogP) is 2.09. The smallest absolute Gasteiger partial charge is 0.0239 e. The van der Waals surface area contributed by atoms with Crippen molar-refractivity contribution in [2.75, 3.05) is 6.16 Å². The summed E-state index contributed by atoms with van der Waals surface area (Å²) < 4.78 is 0. The van der Waals surface area contributed by atoms with Gasteiger partial charge >= 0.3 is 0 Å². The Hall–Kier alpha value is 0.430. The van der Waals surface area contributed by atoms with Crippen LogP contribution in [0.1, 0.15) is 20.3 Å².